The highest BCUT2D eigenvalue weighted by atomic mass is 16.6. The number of nitrogens with zero attached hydrogens (tertiary/aromatic N) is 1. The Hall–Kier alpha value is -3.44. The summed E-state index contributed by atoms with van der Waals surface area (Å²) in [6.45, 7) is 6.33. The topological polar surface area (TPSA) is 152 Å². The van der Waals surface area contributed by atoms with E-state index in [1.165, 1.54) is 10.8 Å². The molecule has 1 aromatic heterocycles. The van der Waals surface area contributed by atoms with Gasteiger partial charge in [0.1, 0.15) is 24.0 Å². The second kappa shape index (κ2) is 10.9. The molecule has 0 aliphatic carbocycles. The number of alkyl carbamates (subject to hydrolysis) is 1. The summed E-state index contributed by atoms with van der Waals surface area (Å²) in [6, 6.07) is 7.60. The number of rotatable bonds is 7. The molecular formula is C24H32N4O7. The number of carbonyl (C=O) groups excluding carboxylic acids is 2. The third-order valence-corrected chi connectivity index (χ3v) is 5.49. The summed E-state index contributed by atoms with van der Waals surface area (Å²) in [6.07, 6.45) is -0.554. The lowest BCUT2D eigenvalue weighted by Crippen LogP contribution is -2.53. The zero-order chi connectivity index (χ0) is 25.8. The van der Waals surface area contributed by atoms with Crippen molar-refractivity contribution in [2.45, 2.75) is 70.6 Å². The fraction of sp³-hybridized carbons (Fsp3) is 0.500. The van der Waals surface area contributed by atoms with Crippen molar-refractivity contribution >= 4 is 12.0 Å². The molecule has 35 heavy (non-hydrogen) atoms. The summed E-state index contributed by atoms with van der Waals surface area (Å²) in [7, 11) is 0. The number of ether oxygens (including phenoxy) is 2. The number of hydrogen-bond donors (Lipinski definition) is 4. The van der Waals surface area contributed by atoms with E-state index in [1.807, 2.05) is 30.3 Å². The van der Waals surface area contributed by atoms with Crippen molar-refractivity contribution in [1.82, 2.24) is 20.2 Å². The fourth-order valence-electron chi connectivity index (χ4n) is 3.81. The zero-order valence-electron chi connectivity index (χ0n) is 20.2. The Bertz CT molecular complexity index is 1150. The number of aliphatic hydroxyl groups excluding tert-OH is 1. The third-order valence-electron chi connectivity index (χ3n) is 5.49. The predicted octanol–water partition coefficient (Wildman–Crippen LogP) is 0.746. The number of nitrogens with one attached hydrogen (secondary N) is 3. The molecule has 4 N–H and O–H groups in total. The van der Waals surface area contributed by atoms with Gasteiger partial charge >= 0.3 is 11.8 Å². The minimum atomic E-state index is -0.955. The molecule has 11 heteroatoms. The number of aryl methyl sites for hydroxylation is 1. The summed E-state index contributed by atoms with van der Waals surface area (Å²) >= 11 is 0. The van der Waals surface area contributed by atoms with Crippen LogP contribution in [-0.2, 0) is 20.7 Å². The second-order valence-corrected chi connectivity index (χ2v) is 9.53. The van der Waals surface area contributed by atoms with E-state index in [2.05, 4.69) is 15.6 Å². The van der Waals surface area contributed by atoms with Crippen LogP contribution in [0, 0.1) is 6.92 Å². The van der Waals surface area contributed by atoms with Crippen LogP contribution in [0.15, 0.2) is 46.1 Å². The van der Waals surface area contributed by atoms with Crippen LogP contribution >= 0.6 is 0 Å². The number of carbonyl (C=O) groups is 2. The second-order valence-electron chi connectivity index (χ2n) is 9.53. The van der Waals surface area contributed by atoms with Gasteiger partial charge in [0.25, 0.3) is 5.56 Å². The van der Waals surface area contributed by atoms with Crippen molar-refractivity contribution in [3.8, 4) is 0 Å². The Balaban J connectivity index is 1.77. The highest BCUT2D eigenvalue weighted by Crippen LogP contribution is 2.27. The van der Waals surface area contributed by atoms with Gasteiger partial charge in [0, 0.05) is 24.6 Å². The first-order valence-electron chi connectivity index (χ1n) is 11.4. The maximum atomic E-state index is 13.2. The molecule has 2 amide bonds. The average molecular weight is 489 g/mol. The van der Waals surface area contributed by atoms with E-state index < -0.39 is 59.9 Å². The Kier molecular flexibility index (Phi) is 8.13. The van der Waals surface area contributed by atoms with Crippen LogP contribution < -0.4 is 21.9 Å². The molecule has 1 aliphatic rings. The van der Waals surface area contributed by atoms with Gasteiger partial charge in [-0.25, -0.2) is 9.59 Å². The predicted molar refractivity (Wildman–Crippen MR) is 127 cm³/mol. The SMILES string of the molecule is Cc1cn([C@H]2C[C@@H](NC(=O)[C@H](Cc3ccccc3)NC(=O)OC(C)(C)C)[C@H](CO)O2)c(=O)[nH]c1=O. The molecule has 0 unspecified atom stereocenters. The first-order valence-corrected chi connectivity index (χ1v) is 11.4. The normalized spacial score (nSPS) is 20.8. The van der Waals surface area contributed by atoms with Gasteiger partial charge < -0.3 is 25.2 Å². The number of aromatic nitrogens is 2. The Morgan fingerprint density at radius 3 is 2.57 bits per heavy atom. The lowest BCUT2D eigenvalue weighted by atomic mass is 10.0. The van der Waals surface area contributed by atoms with Gasteiger partial charge in [-0.15, -0.1) is 0 Å². The maximum Gasteiger partial charge on any atom is 0.408 e. The van der Waals surface area contributed by atoms with Crippen LogP contribution in [0.3, 0.4) is 0 Å². The molecule has 190 valence electrons. The molecule has 2 heterocycles. The lowest BCUT2D eigenvalue weighted by Gasteiger charge is -2.25. The van der Waals surface area contributed by atoms with Crippen molar-refractivity contribution in [3.63, 3.8) is 0 Å². The molecule has 0 bridgehead atoms. The largest absolute Gasteiger partial charge is 0.444 e. The zero-order valence-corrected chi connectivity index (χ0v) is 20.2. The molecule has 0 saturated carbocycles. The molecule has 1 aromatic carbocycles. The summed E-state index contributed by atoms with van der Waals surface area (Å²) in [5.74, 6) is -0.489. The highest BCUT2D eigenvalue weighted by Gasteiger charge is 2.38. The van der Waals surface area contributed by atoms with Gasteiger partial charge in [0.05, 0.1) is 12.6 Å². The van der Waals surface area contributed by atoms with Gasteiger partial charge in [-0.1, -0.05) is 30.3 Å². The molecule has 0 spiro atoms. The summed E-state index contributed by atoms with van der Waals surface area (Å²) in [5.41, 5.74) is -0.731. The third kappa shape index (κ3) is 7.03. The van der Waals surface area contributed by atoms with Crippen LogP contribution in [0.1, 0.15) is 44.5 Å². The molecule has 1 saturated heterocycles. The molecule has 4 atom stereocenters. The molecule has 3 rings (SSSR count). The molecule has 11 nitrogen and oxygen atoms in total. The Morgan fingerprint density at radius 1 is 1.26 bits per heavy atom. The van der Waals surface area contributed by atoms with E-state index in [9.17, 15) is 24.3 Å². The van der Waals surface area contributed by atoms with E-state index in [-0.39, 0.29) is 12.8 Å². The van der Waals surface area contributed by atoms with Crippen molar-refractivity contribution in [2.24, 2.45) is 0 Å². The van der Waals surface area contributed by atoms with Crippen molar-refractivity contribution in [1.29, 1.82) is 0 Å². The van der Waals surface area contributed by atoms with E-state index >= 15 is 0 Å². The minimum Gasteiger partial charge on any atom is -0.444 e. The number of benzene rings is 1. The van der Waals surface area contributed by atoms with E-state index in [1.54, 1.807) is 27.7 Å². The number of aromatic amines is 1. The fourth-order valence-corrected chi connectivity index (χ4v) is 3.81. The average Bonchev–Trinajstić information content (AvgIpc) is 3.17. The lowest BCUT2D eigenvalue weighted by molar-refractivity contribution is -0.124. The van der Waals surface area contributed by atoms with Crippen LogP contribution in [0.2, 0.25) is 0 Å². The number of H-pyrrole nitrogens is 1. The summed E-state index contributed by atoms with van der Waals surface area (Å²) in [4.78, 5) is 51.8. The Labute approximate surface area is 202 Å². The van der Waals surface area contributed by atoms with Crippen LogP contribution in [0.25, 0.3) is 0 Å². The van der Waals surface area contributed by atoms with Crippen LogP contribution in [0.5, 0.6) is 0 Å². The minimum absolute atomic E-state index is 0.173. The first kappa shape index (κ1) is 26.2. The first-order chi connectivity index (χ1) is 16.5. The molecule has 1 aliphatic heterocycles. The smallest absolute Gasteiger partial charge is 0.408 e. The van der Waals surface area contributed by atoms with Crippen molar-refractivity contribution < 1.29 is 24.2 Å². The van der Waals surface area contributed by atoms with Crippen molar-refractivity contribution in [3.05, 3.63) is 68.5 Å². The Morgan fingerprint density at radius 2 is 1.94 bits per heavy atom. The monoisotopic (exact) mass is 488 g/mol. The molecular weight excluding hydrogens is 456 g/mol. The number of amides is 2. The van der Waals surface area contributed by atoms with Crippen LogP contribution in [0.4, 0.5) is 4.79 Å². The molecule has 2 aromatic rings. The van der Waals surface area contributed by atoms with Gasteiger partial charge in [0.15, 0.2) is 0 Å². The van der Waals surface area contributed by atoms with Crippen LogP contribution in [-0.4, -0.2) is 57.1 Å². The number of hydrogen-bond acceptors (Lipinski definition) is 7. The van der Waals surface area contributed by atoms with E-state index in [0.717, 1.165) is 5.56 Å². The molecule has 0 radical (unpaired) electrons. The van der Waals surface area contributed by atoms with Gasteiger partial charge in [-0.2, -0.15) is 0 Å². The maximum absolute atomic E-state index is 13.2. The van der Waals surface area contributed by atoms with Gasteiger partial charge in [-0.05, 0) is 33.3 Å². The van der Waals surface area contributed by atoms with Gasteiger partial charge in [0.2, 0.25) is 5.91 Å². The summed E-state index contributed by atoms with van der Waals surface area (Å²) < 4.78 is 12.3. The highest BCUT2D eigenvalue weighted by molar-refractivity contribution is 5.86. The van der Waals surface area contributed by atoms with Crippen molar-refractivity contribution in [2.75, 3.05) is 6.61 Å². The summed E-state index contributed by atoms with van der Waals surface area (Å²) in [5, 5.41) is 15.3. The molecule has 1 fully saturated rings. The number of aliphatic hydroxyl groups is 1. The van der Waals surface area contributed by atoms with E-state index in [0.29, 0.717) is 5.56 Å². The van der Waals surface area contributed by atoms with Gasteiger partial charge in [-0.3, -0.25) is 19.1 Å². The van der Waals surface area contributed by atoms with E-state index in [4.69, 9.17) is 9.47 Å². The quantitative estimate of drug-likeness (QED) is 0.449. The standard InChI is InChI=1S/C24H32N4O7/c1-14-12-28(22(32)27-20(14)30)19-11-16(18(13-29)34-19)25-21(31)17(10-15-8-6-5-7-9-15)26-23(33)35-24(2,3)4/h5-9,12,16-19,29H,10-11,13H2,1-4H3,(H,25,31)(H,26,33)(H,27,30,32)/t16-,17+,18+,19-/m1/s1.